The van der Waals surface area contributed by atoms with Crippen LogP contribution in [0.25, 0.3) is 10.9 Å². The van der Waals surface area contributed by atoms with Gasteiger partial charge in [-0.25, -0.2) is 0 Å². The van der Waals surface area contributed by atoms with E-state index in [4.69, 9.17) is 5.11 Å². The van der Waals surface area contributed by atoms with E-state index in [1.807, 2.05) is 47.0 Å². The predicted octanol–water partition coefficient (Wildman–Crippen LogP) is 2.11. The quantitative estimate of drug-likeness (QED) is 0.776. The van der Waals surface area contributed by atoms with Crippen molar-refractivity contribution >= 4 is 16.8 Å². The Morgan fingerprint density at radius 3 is 2.48 bits per heavy atom. The number of carbonyl (C=O) groups excluding carboxylic acids is 1. The van der Waals surface area contributed by atoms with Crippen LogP contribution in [0.5, 0.6) is 0 Å². The zero-order chi connectivity index (χ0) is 17.8. The Balaban J connectivity index is 2.14. The molecule has 0 atom stereocenters. The molecular formula is C20H20N2O3. The Morgan fingerprint density at radius 1 is 1.08 bits per heavy atom. The van der Waals surface area contributed by atoms with Gasteiger partial charge in [0, 0.05) is 31.7 Å². The molecule has 0 aliphatic rings. The minimum Gasteiger partial charge on any atom is -0.395 e. The number of aliphatic hydroxyl groups excluding tert-OH is 1. The number of carbonyl (C=O) groups is 1. The molecule has 1 N–H and O–H groups in total. The van der Waals surface area contributed by atoms with Gasteiger partial charge in [0.05, 0.1) is 12.1 Å². The average molecular weight is 336 g/mol. The number of aromatic nitrogens is 1. The standard InChI is InChI=1S/C20H20N2O3/c1-21(11-12-23)20(25)17-14-22(13-15-7-3-2-4-8-15)18-10-6-5-9-16(18)19(17)24/h2-10,14,23H,11-13H2,1H3. The lowest BCUT2D eigenvalue weighted by molar-refractivity contribution is 0.0765. The zero-order valence-corrected chi connectivity index (χ0v) is 14.1. The first-order valence-electron chi connectivity index (χ1n) is 8.14. The molecule has 0 saturated heterocycles. The van der Waals surface area contributed by atoms with Gasteiger partial charge in [-0.05, 0) is 17.7 Å². The minimum absolute atomic E-state index is 0.116. The highest BCUT2D eigenvalue weighted by molar-refractivity contribution is 5.97. The van der Waals surface area contributed by atoms with Gasteiger partial charge in [-0.3, -0.25) is 9.59 Å². The Bertz CT molecular complexity index is 948. The highest BCUT2D eigenvalue weighted by Gasteiger charge is 2.18. The molecule has 0 spiro atoms. The van der Waals surface area contributed by atoms with Gasteiger partial charge in [-0.15, -0.1) is 0 Å². The normalized spacial score (nSPS) is 10.8. The summed E-state index contributed by atoms with van der Waals surface area (Å²) in [5, 5.41) is 9.56. The van der Waals surface area contributed by atoms with Crippen LogP contribution in [0, 0.1) is 0 Å². The van der Waals surface area contributed by atoms with Crippen molar-refractivity contribution in [1.29, 1.82) is 0 Å². The number of benzene rings is 2. The summed E-state index contributed by atoms with van der Waals surface area (Å²) in [6.07, 6.45) is 1.62. The van der Waals surface area contributed by atoms with Crippen LogP contribution in [0.1, 0.15) is 15.9 Å². The molecule has 2 aromatic carbocycles. The molecule has 0 unspecified atom stereocenters. The van der Waals surface area contributed by atoms with E-state index >= 15 is 0 Å². The topological polar surface area (TPSA) is 62.5 Å². The lowest BCUT2D eigenvalue weighted by Crippen LogP contribution is -2.33. The molecule has 128 valence electrons. The van der Waals surface area contributed by atoms with E-state index in [0.29, 0.717) is 11.9 Å². The van der Waals surface area contributed by atoms with Gasteiger partial charge < -0.3 is 14.6 Å². The van der Waals surface area contributed by atoms with Crippen LogP contribution in [-0.4, -0.2) is 40.7 Å². The SMILES string of the molecule is CN(CCO)C(=O)c1cn(Cc2ccccc2)c2ccccc2c1=O. The van der Waals surface area contributed by atoms with Crippen molar-refractivity contribution in [2.45, 2.75) is 6.54 Å². The number of aliphatic hydroxyl groups is 1. The summed E-state index contributed by atoms with van der Waals surface area (Å²) in [5.41, 5.74) is 1.71. The highest BCUT2D eigenvalue weighted by atomic mass is 16.3. The lowest BCUT2D eigenvalue weighted by atomic mass is 10.1. The molecule has 0 radical (unpaired) electrons. The third-order valence-electron chi connectivity index (χ3n) is 4.20. The first-order chi connectivity index (χ1) is 12.1. The number of hydrogen-bond acceptors (Lipinski definition) is 3. The van der Waals surface area contributed by atoms with Crippen molar-refractivity contribution in [2.75, 3.05) is 20.2 Å². The maximum atomic E-state index is 12.8. The number of likely N-dealkylation sites (N-methyl/N-ethyl adjacent to an activating group) is 1. The van der Waals surface area contributed by atoms with Crippen LogP contribution in [0.15, 0.2) is 65.6 Å². The Morgan fingerprint density at radius 2 is 1.76 bits per heavy atom. The first-order valence-corrected chi connectivity index (χ1v) is 8.14. The number of fused-ring (bicyclic) bond motifs is 1. The van der Waals surface area contributed by atoms with Gasteiger partial charge >= 0.3 is 0 Å². The highest BCUT2D eigenvalue weighted by Crippen LogP contribution is 2.15. The molecule has 0 fully saturated rings. The second-order valence-electron chi connectivity index (χ2n) is 5.95. The summed E-state index contributed by atoms with van der Waals surface area (Å²) >= 11 is 0. The largest absolute Gasteiger partial charge is 0.395 e. The molecule has 0 saturated carbocycles. The maximum Gasteiger partial charge on any atom is 0.259 e. The molecule has 0 bridgehead atoms. The number of rotatable bonds is 5. The molecule has 25 heavy (non-hydrogen) atoms. The average Bonchev–Trinajstić information content (AvgIpc) is 2.64. The Hall–Kier alpha value is -2.92. The molecular weight excluding hydrogens is 316 g/mol. The van der Waals surface area contributed by atoms with E-state index in [-0.39, 0.29) is 30.1 Å². The van der Waals surface area contributed by atoms with E-state index in [1.54, 1.807) is 25.4 Å². The van der Waals surface area contributed by atoms with Gasteiger partial charge in [0.2, 0.25) is 5.43 Å². The summed E-state index contributed by atoms with van der Waals surface area (Å²) in [5.74, 6) is -0.383. The predicted molar refractivity (Wildman–Crippen MR) is 97.8 cm³/mol. The summed E-state index contributed by atoms with van der Waals surface area (Å²) < 4.78 is 1.92. The Kier molecular flexibility index (Phi) is 4.95. The molecule has 5 heteroatoms. The smallest absolute Gasteiger partial charge is 0.259 e. The van der Waals surface area contributed by atoms with Crippen LogP contribution < -0.4 is 5.43 Å². The van der Waals surface area contributed by atoms with Crippen molar-refractivity contribution < 1.29 is 9.90 Å². The Labute approximate surface area is 145 Å². The summed E-state index contributed by atoms with van der Waals surface area (Å²) in [6, 6.07) is 17.2. The van der Waals surface area contributed by atoms with Gasteiger partial charge in [0.25, 0.3) is 5.91 Å². The third kappa shape index (κ3) is 3.46. The molecule has 5 nitrogen and oxygen atoms in total. The molecule has 0 aliphatic carbocycles. The van der Waals surface area contributed by atoms with E-state index in [2.05, 4.69) is 0 Å². The van der Waals surface area contributed by atoms with Crippen molar-refractivity contribution in [2.24, 2.45) is 0 Å². The summed E-state index contributed by atoms with van der Waals surface area (Å²) in [7, 11) is 1.58. The number of pyridine rings is 1. The van der Waals surface area contributed by atoms with Crippen molar-refractivity contribution in [3.05, 3.63) is 82.1 Å². The van der Waals surface area contributed by atoms with Gasteiger partial charge in [-0.1, -0.05) is 42.5 Å². The fraction of sp³-hybridized carbons (Fsp3) is 0.200. The fourth-order valence-electron chi connectivity index (χ4n) is 2.87. The van der Waals surface area contributed by atoms with Gasteiger partial charge in [-0.2, -0.15) is 0 Å². The van der Waals surface area contributed by atoms with E-state index in [0.717, 1.165) is 11.1 Å². The van der Waals surface area contributed by atoms with Crippen LogP contribution in [0.4, 0.5) is 0 Å². The number of nitrogens with zero attached hydrogens (tertiary/aromatic N) is 2. The summed E-state index contributed by atoms with van der Waals surface area (Å²) in [6.45, 7) is 0.601. The zero-order valence-electron chi connectivity index (χ0n) is 14.1. The second kappa shape index (κ2) is 7.32. The molecule has 1 heterocycles. The minimum atomic E-state index is -0.383. The fourth-order valence-corrected chi connectivity index (χ4v) is 2.87. The second-order valence-corrected chi connectivity index (χ2v) is 5.95. The van der Waals surface area contributed by atoms with Crippen LogP contribution in [0.2, 0.25) is 0 Å². The van der Waals surface area contributed by atoms with Gasteiger partial charge in [0.1, 0.15) is 5.56 Å². The third-order valence-corrected chi connectivity index (χ3v) is 4.20. The number of para-hydroxylation sites is 1. The lowest BCUT2D eigenvalue weighted by Gasteiger charge is -2.18. The molecule has 1 aromatic heterocycles. The van der Waals surface area contributed by atoms with Crippen molar-refractivity contribution in [1.82, 2.24) is 9.47 Å². The monoisotopic (exact) mass is 336 g/mol. The van der Waals surface area contributed by atoms with Crippen molar-refractivity contribution in [3.8, 4) is 0 Å². The van der Waals surface area contributed by atoms with E-state index in [9.17, 15) is 9.59 Å². The first kappa shape index (κ1) is 16.9. The molecule has 3 rings (SSSR count). The molecule has 3 aromatic rings. The molecule has 1 amide bonds. The van der Waals surface area contributed by atoms with E-state index in [1.165, 1.54) is 4.90 Å². The van der Waals surface area contributed by atoms with Crippen LogP contribution >= 0.6 is 0 Å². The van der Waals surface area contributed by atoms with Gasteiger partial charge in [0.15, 0.2) is 0 Å². The van der Waals surface area contributed by atoms with Crippen LogP contribution in [-0.2, 0) is 6.54 Å². The van der Waals surface area contributed by atoms with E-state index < -0.39 is 0 Å². The van der Waals surface area contributed by atoms with Crippen LogP contribution in [0.3, 0.4) is 0 Å². The summed E-state index contributed by atoms with van der Waals surface area (Å²) in [4.78, 5) is 26.7. The maximum absolute atomic E-state index is 12.8. The number of hydrogen-bond donors (Lipinski definition) is 1. The van der Waals surface area contributed by atoms with Crippen molar-refractivity contribution in [3.63, 3.8) is 0 Å². The number of amides is 1. The molecule has 0 aliphatic heterocycles.